The number of nitrogens with two attached hydrogens (primary N) is 1. The highest BCUT2D eigenvalue weighted by Gasteiger charge is 2.48. The Morgan fingerprint density at radius 1 is 1.19 bits per heavy atom. The number of hydrogen-bond acceptors (Lipinski definition) is 5. The van der Waals surface area contributed by atoms with Gasteiger partial charge in [0.15, 0.2) is 5.54 Å². The monoisotopic (exact) mass is 362 g/mol. The minimum atomic E-state index is -1.19. The zero-order valence-corrected chi connectivity index (χ0v) is 15.2. The Balaban J connectivity index is 1.72. The molecule has 0 aromatic heterocycles. The van der Waals surface area contributed by atoms with Gasteiger partial charge < -0.3 is 5.32 Å². The second-order valence-electron chi connectivity index (χ2n) is 7.25. The van der Waals surface area contributed by atoms with Crippen LogP contribution in [-0.4, -0.2) is 18.0 Å². The molecule has 1 fully saturated rings. The first-order valence-electron chi connectivity index (χ1n) is 9.13. The van der Waals surface area contributed by atoms with Crippen molar-refractivity contribution in [2.75, 3.05) is 11.6 Å². The summed E-state index contributed by atoms with van der Waals surface area (Å²) in [7, 11) is 0. The zero-order chi connectivity index (χ0) is 19.0. The summed E-state index contributed by atoms with van der Waals surface area (Å²) in [6.07, 6.45) is 5.90. The standard InChI is InChI=1S/C21H22N4O2/c1-14-3-6-18(25(22)20(26)21(24-27)8-2-9-21)12-19(14)16-5-4-15-7-10-23-13-17(15)11-16/h3-7,11-13,23H,2,8-10,22H2,1H3. The van der Waals surface area contributed by atoms with Gasteiger partial charge in [0.05, 0.1) is 5.69 Å². The zero-order valence-electron chi connectivity index (χ0n) is 15.2. The molecule has 1 amide bonds. The largest absolute Gasteiger partial charge is 0.387 e. The lowest BCUT2D eigenvalue weighted by atomic mass is 9.76. The van der Waals surface area contributed by atoms with E-state index >= 15 is 0 Å². The van der Waals surface area contributed by atoms with Crippen LogP contribution < -0.4 is 26.6 Å². The van der Waals surface area contributed by atoms with Gasteiger partial charge in [0, 0.05) is 12.7 Å². The maximum Gasteiger partial charge on any atom is 0.272 e. The van der Waals surface area contributed by atoms with Crippen molar-refractivity contribution in [1.29, 1.82) is 0 Å². The normalized spacial score (nSPS) is 16.7. The molecule has 0 unspecified atom stereocenters. The lowest BCUT2D eigenvalue weighted by Gasteiger charge is -2.35. The van der Waals surface area contributed by atoms with Gasteiger partial charge >= 0.3 is 0 Å². The first-order chi connectivity index (χ1) is 13.0. The number of nitroso groups, excluding NO2 is 1. The molecule has 0 radical (unpaired) electrons. The molecule has 2 aliphatic rings. The molecule has 6 nitrogen and oxygen atoms in total. The third-order valence-electron chi connectivity index (χ3n) is 5.57. The van der Waals surface area contributed by atoms with Crippen molar-refractivity contribution < 1.29 is 4.79 Å². The first-order valence-corrected chi connectivity index (χ1v) is 9.13. The number of hydrogen-bond donors (Lipinski definition) is 2. The van der Waals surface area contributed by atoms with E-state index in [0.717, 1.165) is 39.9 Å². The average molecular weight is 362 g/mol. The summed E-state index contributed by atoms with van der Waals surface area (Å²) in [5, 5.41) is 9.70. The van der Waals surface area contributed by atoms with Crippen LogP contribution in [0.15, 0.2) is 41.6 Å². The van der Waals surface area contributed by atoms with E-state index in [4.69, 9.17) is 5.84 Å². The average Bonchev–Trinajstić information content (AvgIpc) is 2.67. The number of aryl methyl sites for hydroxylation is 1. The number of nitrogens with one attached hydrogen (secondary N) is 1. The van der Waals surface area contributed by atoms with Gasteiger partial charge in [0.25, 0.3) is 5.91 Å². The van der Waals surface area contributed by atoms with Gasteiger partial charge in [-0.25, -0.2) is 10.9 Å². The third-order valence-corrected chi connectivity index (χ3v) is 5.57. The van der Waals surface area contributed by atoms with Crippen molar-refractivity contribution in [1.82, 2.24) is 5.32 Å². The number of fused-ring (bicyclic) bond motifs is 1. The van der Waals surface area contributed by atoms with Gasteiger partial charge in [0.2, 0.25) is 0 Å². The van der Waals surface area contributed by atoms with E-state index in [0.29, 0.717) is 18.5 Å². The summed E-state index contributed by atoms with van der Waals surface area (Å²) in [5.41, 5.74) is 2.50. The van der Waals surface area contributed by atoms with Gasteiger partial charge in [-0.05, 0) is 71.5 Å². The van der Waals surface area contributed by atoms with Crippen LogP contribution in [0.25, 0.3) is 23.4 Å². The second kappa shape index (κ2) is 6.63. The molecule has 6 heteroatoms. The third kappa shape index (κ3) is 2.92. The van der Waals surface area contributed by atoms with Gasteiger partial charge in [-0.3, -0.25) is 4.79 Å². The molecule has 4 rings (SSSR count). The Hall–Kier alpha value is -2.99. The van der Waals surface area contributed by atoms with Crippen LogP contribution in [0.4, 0.5) is 5.69 Å². The number of benzene rings is 2. The summed E-state index contributed by atoms with van der Waals surface area (Å²) in [5.74, 6) is 5.65. The fourth-order valence-electron chi connectivity index (χ4n) is 3.66. The van der Waals surface area contributed by atoms with E-state index in [2.05, 4.69) is 34.8 Å². The Labute approximate surface area is 157 Å². The van der Waals surface area contributed by atoms with Crippen molar-refractivity contribution in [2.45, 2.75) is 31.7 Å². The minimum Gasteiger partial charge on any atom is -0.387 e. The molecule has 138 valence electrons. The van der Waals surface area contributed by atoms with Gasteiger partial charge in [0.1, 0.15) is 0 Å². The molecular formula is C21H22N4O2. The molecule has 0 atom stereocenters. The number of amides is 1. The highest BCUT2D eigenvalue weighted by atomic mass is 16.3. The summed E-state index contributed by atoms with van der Waals surface area (Å²) in [6.45, 7) is 2.85. The summed E-state index contributed by atoms with van der Waals surface area (Å²) < 4.78 is 0. The fourth-order valence-corrected chi connectivity index (χ4v) is 3.66. The van der Waals surface area contributed by atoms with Crippen molar-refractivity contribution in [2.24, 2.45) is 11.0 Å². The Bertz CT molecular complexity index is 1040. The van der Waals surface area contributed by atoms with Crippen LogP contribution in [0.1, 0.15) is 24.8 Å². The number of anilines is 1. The summed E-state index contributed by atoms with van der Waals surface area (Å²) >= 11 is 0. The van der Waals surface area contributed by atoms with Gasteiger partial charge in [-0.15, -0.1) is 4.91 Å². The van der Waals surface area contributed by atoms with E-state index in [-0.39, 0.29) is 0 Å². The molecule has 0 saturated heterocycles. The van der Waals surface area contributed by atoms with E-state index in [1.807, 2.05) is 25.3 Å². The van der Waals surface area contributed by atoms with E-state index in [9.17, 15) is 9.70 Å². The molecule has 27 heavy (non-hydrogen) atoms. The SMILES string of the molecule is Cc1ccc(N(N)C(=O)C2(N=O)CCC2)cc1-c1ccc2c(c1)=CNCC=2. The lowest BCUT2D eigenvalue weighted by molar-refractivity contribution is -0.126. The quantitative estimate of drug-likeness (QED) is 0.375. The number of carbonyl (C=O) groups excluding carboxylic acids is 1. The van der Waals surface area contributed by atoms with Crippen LogP contribution in [0.5, 0.6) is 0 Å². The molecule has 0 spiro atoms. The number of hydrazine groups is 1. The first kappa shape index (κ1) is 17.4. The molecule has 1 saturated carbocycles. The van der Waals surface area contributed by atoms with Crippen molar-refractivity contribution in [3.8, 4) is 11.1 Å². The second-order valence-corrected chi connectivity index (χ2v) is 7.25. The lowest BCUT2D eigenvalue weighted by Crippen LogP contribution is -2.54. The highest BCUT2D eigenvalue weighted by molar-refractivity contribution is 6.00. The molecular weight excluding hydrogens is 340 g/mol. The van der Waals surface area contributed by atoms with Crippen molar-refractivity contribution >= 4 is 23.9 Å². The molecule has 2 aromatic rings. The van der Waals surface area contributed by atoms with Gasteiger partial charge in [-0.2, -0.15) is 0 Å². The molecule has 1 aliphatic heterocycles. The summed E-state index contributed by atoms with van der Waals surface area (Å²) in [4.78, 5) is 23.9. The van der Waals surface area contributed by atoms with Crippen molar-refractivity contribution in [3.05, 3.63) is 57.3 Å². The fraction of sp³-hybridized carbons (Fsp3) is 0.286. The molecule has 3 N–H and O–H groups in total. The van der Waals surface area contributed by atoms with E-state index < -0.39 is 11.4 Å². The van der Waals surface area contributed by atoms with Gasteiger partial charge in [-0.1, -0.05) is 29.5 Å². The molecule has 2 aromatic carbocycles. The predicted octanol–water partition coefficient (Wildman–Crippen LogP) is 1.68. The number of nitrogens with zero attached hydrogens (tertiary/aromatic N) is 2. The molecule has 1 heterocycles. The Morgan fingerprint density at radius 2 is 2.00 bits per heavy atom. The smallest absolute Gasteiger partial charge is 0.272 e. The maximum absolute atomic E-state index is 12.7. The van der Waals surface area contributed by atoms with Crippen molar-refractivity contribution in [3.63, 3.8) is 0 Å². The Kier molecular flexibility index (Phi) is 4.28. The maximum atomic E-state index is 12.7. The predicted molar refractivity (Wildman–Crippen MR) is 107 cm³/mol. The van der Waals surface area contributed by atoms with Crippen LogP contribution in [-0.2, 0) is 4.79 Å². The van der Waals surface area contributed by atoms with Crippen LogP contribution >= 0.6 is 0 Å². The topological polar surface area (TPSA) is 87.8 Å². The molecule has 1 aliphatic carbocycles. The molecule has 0 bridgehead atoms. The van der Waals surface area contributed by atoms with Crippen LogP contribution in [0, 0.1) is 11.8 Å². The summed E-state index contributed by atoms with van der Waals surface area (Å²) in [6, 6.07) is 11.9. The number of carbonyl (C=O) groups is 1. The van der Waals surface area contributed by atoms with Crippen LogP contribution in [0.2, 0.25) is 0 Å². The Morgan fingerprint density at radius 3 is 2.70 bits per heavy atom. The van der Waals surface area contributed by atoms with Crippen LogP contribution in [0.3, 0.4) is 0 Å². The minimum absolute atomic E-state index is 0.434. The highest BCUT2D eigenvalue weighted by Crippen LogP contribution is 2.38. The number of rotatable bonds is 4. The van der Waals surface area contributed by atoms with E-state index in [1.165, 1.54) is 5.22 Å². The van der Waals surface area contributed by atoms with E-state index in [1.54, 1.807) is 6.07 Å².